The van der Waals surface area contributed by atoms with Crippen molar-refractivity contribution in [2.75, 3.05) is 0 Å². The van der Waals surface area contributed by atoms with Crippen molar-refractivity contribution >= 4 is 0 Å². The van der Waals surface area contributed by atoms with Crippen LogP contribution in [0.4, 0.5) is 8.78 Å². The highest BCUT2D eigenvalue weighted by Crippen LogP contribution is 2.23. The Bertz CT molecular complexity index is 404. The van der Waals surface area contributed by atoms with Gasteiger partial charge < -0.3 is 0 Å². The lowest BCUT2D eigenvalue weighted by Gasteiger charge is -2.06. The lowest BCUT2D eigenvalue weighted by atomic mass is 9.99. The zero-order valence-corrected chi connectivity index (χ0v) is 7.65. The number of nitriles is 2. The van der Waals surface area contributed by atoms with E-state index in [0.29, 0.717) is 0 Å². The Balaban J connectivity index is 3.77. The number of halogens is 2. The molecule has 0 aliphatic rings. The molecule has 2 nitrogen and oxygen atoms in total. The standard InChI is InChI=1S/C10H6F2N2/c1-5-7(3-13)10(12)6(2)8(4-14)9(5)11/h1-2H3. The fraction of sp³-hybridized carbons (Fsp3) is 0.200. The van der Waals surface area contributed by atoms with Crippen LogP contribution in [0.25, 0.3) is 0 Å². The predicted molar refractivity (Wildman–Crippen MR) is 45.3 cm³/mol. The number of rotatable bonds is 0. The van der Waals surface area contributed by atoms with E-state index < -0.39 is 11.6 Å². The molecule has 4 heteroatoms. The highest BCUT2D eigenvalue weighted by molar-refractivity contribution is 5.50. The summed E-state index contributed by atoms with van der Waals surface area (Å²) in [5, 5.41) is 17.1. The molecule has 0 aliphatic heterocycles. The molecule has 14 heavy (non-hydrogen) atoms. The molecular weight excluding hydrogens is 186 g/mol. The summed E-state index contributed by atoms with van der Waals surface area (Å²) < 4.78 is 26.7. The van der Waals surface area contributed by atoms with Crippen LogP contribution in [0.15, 0.2) is 0 Å². The first-order valence-electron chi connectivity index (χ1n) is 3.83. The van der Waals surface area contributed by atoms with Crippen molar-refractivity contribution in [3.8, 4) is 12.1 Å². The summed E-state index contributed by atoms with van der Waals surface area (Å²) in [6.45, 7) is 2.55. The third-order valence-electron chi connectivity index (χ3n) is 2.07. The van der Waals surface area contributed by atoms with Gasteiger partial charge in [-0.25, -0.2) is 8.78 Å². The van der Waals surface area contributed by atoms with Gasteiger partial charge in [-0.2, -0.15) is 10.5 Å². The Morgan fingerprint density at radius 1 is 0.857 bits per heavy atom. The molecule has 0 radical (unpaired) electrons. The second-order valence-corrected chi connectivity index (χ2v) is 2.85. The fourth-order valence-electron chi connectivity index (χ4n) is 1.19. The van der Waals surface area contributed by atoms with Crippen LogP contribution >= 0.6 is 0 Å². The molecule has 0 fully saturated rings. The Morgan fingerprint density at radius 2 is 1.14 bits per heavy atom. The molecule has 0 spiro atoms. The maximum Gasteiger partial charge on any atom is 0.145 e. The van der Waals surface area contributed by atoms with E-state index in [2.05, 4.69) is 0 Å². The van der Waals surface area contributed by atoms with Crippen LogP contribution in [0.5, 0.6) is 0 Å². The smallest absolute Gasteiger partial charge is 0.145 e. The molecule has 0 unspecified atom stereocenters. The quantitative estimate of drug-likeness (QED) is 0.633. The minimum absolute atomic E-state index is 0.118. The van der Waals surface area contributed by atoms with Gasteiger partial charge in [0.25, 0.3) is 0 Å². The molecule has 70 valence electrons. The molecule has 0 atom stereocenters. The summed E-state index contributed by atoms with van der Waals surface area (Å²) in [6.07, 6.45) is 0. The van der Waals surface area contributed by atoms with Gasteiger partial charge in [-0.05, 0) is 13.8 Å². The average Bonchev–Trinajstić information content (AvgIpc) is 2.17. The van der Waals surface area contributed by atoms with Crippen molar-refractivity contribution in [3.63, 3.8) is 0 Å². The van der Waals surface area contributed by atoms with E-state index in [1.54, 1.807) is 12.1 Å². The van der Waals surface area contributed by atoms with Gasteiger partial charge in [-0.1, -0.05) is 0 Å². The fourth-order valence-corrected chi connectivity index (χ4v) is 1.19. The van der Waals surface area contributed by atoms with E-state index in [9.17, 15) is 8.78 Å². The van der Waals surface area contributed by atoms with Gasteiger partial charge in [0.15, 0.2) is 0 Å². The van der Waals surface area contributed by atoms with Crippen molar-refractivity contribution in [2.24, 2.45) is 0 Å². The van der Waals surface area contributed by atoms with E-state index in [1.807, 2.05) is 0 Å². The van der Waals surface area contributed by atoms with Gasteiger partial charge >= 0.3 is 0 Å². The molecule has 0 heterocycles. The topological polar surface area (TPSA) is 47.6 Å². The number of nitrogens with zero attached hydrogens (tertiary/aromatic N) is 2. The van der Waals surface area contributed by atoms with Gasteiger partial charge in [-0.3, -0.25) is 0 Å². The molecule has 0 amide bonds. The van der Waals surface area contributed by atoms with Crippen LogP contribution in [-0.2, 0) is 0 Å². The molecular formula is C10H6F2N2. The van der Waals surface area contributed by atoms with E-state index in [-0.39, 0.29) is 22.3 Å². The Kier molecular flexibility index (Phi) is 2.49. The van der Waals surface area contributed by atoms with Crippen molar-refractivity contribution in [3.05, 3.63) is 33.9 Å². The molecule has 0 aromatic heterocycles. The zero-order chi connectivity index (χ0) is 10.9. The van der Waals surface area contributed by atoms with Crippen LogP contribution in [0, 0.1) is 48.1 Å². The van der Waals surface area contributed by atoms with Crippen LogP contribution in [0.3, 0.4) is 0 Å². The van der Waals surface area contributed by atoms with Gasteiger partial charge in [0.2, 0.25) is 0 Å². The van der Waals surface area contributed by atoms with Crippen molar-refractivity contribution in [1.82, 2.24) is 0 Å². The van der Waals surface area contributed by atoms with Crippen LogP contribution in [0.2, 0.25) is 0 Å². The molecule has 1 aromatic rings. The minimum atomic E-state index is -0.817. The van der Waals surface area contributed by atoms with Crippen molar-refractivity contribution in [2.45, 2.75) is 13.8 Å². The second kappa shape index (κ2) is 3.43. The Morgan fingerprint density at radius 3 is 1.36 bits per heavy atom. The third kappa shape index (κ3) is 1.22. The molecule has 0 saturated carbocycles. The van der Waals surface area contributed by atoms with Crippen LogP contribution in [0.1, 0.15) is 22.3 Å². The van der Waals surface area contributed by atoms with E-state index in [4.69, 9.17) is 10.5 Å². The first-order valence-corrected chi connectivity index (χ1v) is 3.83. The predicted octanol–water partition coefficient (Wildman–Crippen LogP) is 2.33. The minimum Gasteiger partial charge on any atom is -0.205 e. The summed E-state index contributed by atoms with van der Waals surface area (Å²) in [5.41, 5.74) is -0.905. The first kappa shape index (κ1) is 10.1. The van der Waals surface area contributed by atoms with E-state index in [1.165, 1.54) is 13.8 Å². The molecule has 1 rings (SSSR count). The first-order chi connectivity index (χ1) is 6.54. The normalized spacial score (nSPS) is 9.29. The molecule has 1 aromatic carbocycles. The zero-order valence-electron chi connectivity index (χ0n) is 7.65. The SMILES string of the molecule is Cc1c(F)c(C#N)c(C)c(F)c1C#N. The highest BCUT2D eigenvalue weighted by atomic mass is 19.1. The lowest BCUT2D eigenvalue weighted by molar-refractivity contribution is 0.578. The summed E-state index contributed by atoms with van der Waals surface area (Å²) in [4.78, 5) is 0. The number of hydrogen-bond acceptors (Lipinski definition) is 2. The van der Waals surface area contributed by atoms with E-state index >= 15 is 0 Å². The summed E-state index contributed by atoms with van der Waals surface area (Å²) in [5.74, 6) is -1.63. The van der Waals surface area contributed by atoms with Gasteiger partial charge in [0.05, 0.1) is 11.1 Å². The largest absolute Gasteiger partial charge is 0.205 e. The van der Waals surface area contributed by atoms with E-state index in [0.717, 1.165) is 0 Å². The molecule has 0 aliphatic carbocycles. The maximum absolute atomic E-state index is 13.4. The average molecular weight is 192 g/mol. The molecule has 0 N–H and O–H groups in total. The summed E-state index contributed by atoms with van der Waals surface area (Å²) in [7, 11) is 0. The second-order valence-electron chi connectivity index (χ2n) is 2.85. The van der Waals surface area contributed by atoms with Crippen LogP contribution in [-0.4, -0.2) is 0 Å². The number of benzene rings is 1. The monoisotopic (exact) mass is 192 g/mol. The van der Waals surface area contributed by atoms with Crippen molar-refractivity contribution < 1.29 is 8.78 Å². The molecule has 0 bridgehead atoms. The highest BCUT2D eigenvalue weighted by Gasteiger charge is 2.19. The Labute approximate surface area is 80.0 Å². The number of hydrogen-bond donors (Lipinski definition) is 0. The summed E-state index contributed by atoms with van der Waals surface area (Å²) >= 11 is 0. The molecule has 0 saturated heterocycles. The van der Waals surface area contributed by atoms with Crippen LogP contribution < -0.4 is 0 Å². The Hall–Kier alpha value is -1.94. The maximum atomic E-state index is 13.4. The van der Waals surface area contributed by atoms with Gasteiger partial charge in [0, 0.05) is 11.1 Å². The van der Waals surface area contributed by atoms with Crippen molar-refractivity contribution in [1.29, 1.82) is 10.5 Å². The lowest BCUT2D eigenvalue weighted by Crippen LogP contribution is -2.02. The van der Waals surface area contributed by atoms with Gasteiger partial charge in [-0.15, -0.1) is 0 Å². The summed E-state index contributed by atoms with van der Waals surface area (Å²) in [6, 6.07) is 3.14. The van der Waals surface area contributed by atoms with Gasteiger partial charge in [0.1, 0.15) is 23.8 Å². The third-order valence-corrected chi connectivity index (χ3v) is 2.07.